The first kappa shape index (κ1) is 19.1. The van der Waals surface area contributed by atoms with Crippen LogP contribution in [0.3, 0.4) is 0 Å². The fourth-order valence-electron chi connectivity index (χ4n) is 4.89. The molecule has 2 N–H and O–H groups in total. The van der Waals surface area contributed by atoms with Crippen LogP contribution in [0.1, 0.15) is 60.7 Å². The lowest BCUT2D eigenvalue weighted by molar-refractivity contribution is -0.131. The molecule has 3 aliphatic rings. The van der Waals surface area contributed by atoms with Crippen LogP contribution in [0.5, 0.6) is 5.75 Å². The van der Waals surface area contributed by atoms with Gasteiger partial charge in [-0.1, -0.05) is 12.5 Å². The molecule has 1 amide bonds. The molecule has 2 aromatic rings. The molecule has 3 heterocycles. The van der Waals surface area contributed by atoms with Crippen LogP contribution < -0.4 is 10.1 Å². The van der Waals surface area contributed by atoms with E-state index in [0.717, 1.165) is 35.6 Å². The van der Waals surface area contributed by atoms with Crippen molar-refractivity contribution in [3.05, 3.63) is 40.7 Å². The second-order valence-electron chi connectivity index (χ2n) is 8.36. The predicted octanol–water partition coefficient (Wildman–Crippen LogP) is 2.79. The number of amides is 1. The van der Waals surface area contributed by atoms with Crippen molar-refractivity contribution in [1.82, 2.24) is 20.0 Å². The zero-order valence-electron chi connectivity index (χ0n) is 17.1. The molecular formula is C22H26N4O4. The van der Waals surface area contributed by atoms with Crippen LogP contribution in [0.2, 0.25) is 0 Å². The number of carboxylic acid groups (broad SMARTS) is 1. The largest absolute Gasteiger partial charge is 0.465 e. The number of hydrogen-bond acceptors (Lipinski definition) is 5. The van der Waals surface area contributed by atoms with Crippen molar-refractivity contribution in [1.29, 1.82) is 0 Å². The fraction of sp³-hybridized carbons (Fsp3) is 0.500. The van der Waals surface area contributed by atoms with E-state index in [0.29, 0.717) is 31.2 Å². The number of ether oxygens (including phenoxy) is 1. The highest BCUT2D eigenvalue weighted by Crippen LogP contribution is 2.41. The first-order valence-corrected chi connectivity index (χ1v) is 10.7. The van der Waals surface area contributed by atoms with Crippen LogP contribution in [0.4, 0.5) is 4.79 Å². The van der Waals surface area contributed by atoms with Gasteiger partial charge in [0.2, 0.25) is 0 Å². The Morgan fingerprint density at radius 2 is 2.10 bits per heavy atom. The smallest absolute Gasteiger partial charge is 0.407 e. The quantitative estimate of drug-likeness (QED) is 0.597. The van der Waals surface area contributed by atoms with E-state index in [2.05, 4.69) is 11.4 Å². The maximum atomic E-state index is 11.8. The lowest BCUT2D eigenvalue weighted by Gasteiger charge is -2.33. The highest BCUT2D eigenvalue weighted by molar-refractivity contribution is 5.71. The molecule has 0 saturated heterocycles. The van der Waals surface area contributed by atoms with Gasteiger partial charge in [0, 0.05) is 45.0 Å². The Balaban J connectivity index is 1.62. The maximum absolute atomic E-state index is 11.8. The maximum Gasteiger partial charge on any atom is 0.407 e. The zero-order chi connectivity index (χ0) is 20.8. The highest BCUT2D eigenvalue weighted by Gasteiger charge is 2.37. The minimum Gasteiger partial charge on any atom is -0.465 e. The van der Waals surface area contributed by atoms with E-state index in [4.69, 9.17) is 9.84 Å². The lowest BCUT2D eigenvalue weighted by Crippen LogP contribution is -2.43. The summed E-state index contributed by atoms with van der Waals surface area (Å²) in [6.07, 6.45) is 3.98. The SMILES string of the molecule is CC(=O)Oc1cc(C2CCC2)ccc1-n1nc2c3c1CCN(C(=O)O)C3CNCC2. The van der Waals surface area contributed by atoms with Crippen molar-refractivity contribution in [2.45, 2.75) is 51.0 Å². The third kappa shape index (κ3) is 3.15. The van der Waals surface area contributed by atoms with E-state index in [1.807, 2.05) is 16.8 Å². The van der Waals surface area contributed by atoms with Crippen molar-refractivity contribution < 1.29 is 19.4 Å². The monoisotopic (exact) mass is 410 g/mol. The van der Waals surface area contributed by atoms with Gasteiger partial charge in [-0.2, -0.15) is 5.10 Å². The molecule has 8 nitrogen and oxygen atoms in total. The van der Waals surface area contributed by atoms with Crippen molar-refractivity contribution in [2.75, 3.05) is 19.6 Å². The Hall–Kier alpha value is -2.87. The van der Waals surface area contributed by atoms with E-state index in [9.17, 15) is 14.7 Å². The third-order valence-electron chi connectivity index (χ3n) is 6.56. The first-order valence-electron chi connectivity index (χ1n) is 10.7. The molecule has 1 aromatic carbocycles. The van der Waals surface area contributed by atoms with Gasteiger partial charge in [0.25, 0.3) is 0 Å². The number of carbonyl (C=O) groups excluding carboxylic acids is 1. The minimum atomic E-state index is -0.904. The minimum absolute atomic E-state index is 0.246. The number of nitrogens with zero attached hydrogens (tertiary/aromatic N) is 3. The first-order chi connectivity index (χ1) is 14.5. The normalized spacial score (nSPS) is 20.8. The van der Waals surface area contributed by atoms with Gasteiger partial charge < -0.3 is 15.2 Å². The Morgan fingerprint density at radius 1 is 1.27 bits per heavy atom. The summed E-state index contributed by atoms with van der Waals surface area (Å²) in [5.41, 5.74) is 4.88. The number of carbonyl (C=O) groups is 2. The van der Waals surface area contributed by atoms with Gasteiger partial charge in [-0.25, -0.2) is 9.48 Å². The number of aromatic nitrogens is 2. The molecule has 1 saturated carbocycles. The summed E-state index contributed by atoms with van der Waals surface area (Å²) in [6, 6.07) is 5.83. The van der Waals surface area contributed by atoms with Gasteiger partial charge in [-0.3, -0.25) is 9.69 Å². The fourth-order valence-corrected chi connectivity index (χ4v) is 4.89. The number of benzene rings is 1. The summed E-state index contributed by atoms with van der Waals surface area (Å²) >= 11 is 0. The molecule has 1 unspecified atom stereocenters. The molecule has 1 aliphatic carbocycles. The van der Waals surface area contributed by atoms with Gasteiger partial charge in [0.05, 0.1) is 17.4 Å². The predicted molar refractivity (Wildman–Crippen MR) is 109 cm³/mol. The Labute approximate surface area is 174 Å². The molecular weight excluding hydrogens is 384 g/mol. The summed E-state index contributed by atoms with van der Waals surface area (Å²) in [4.78, 5) is 25.1. The zero-order valence-corrected chi connectivity index (χ0v) is 17.1. The van der Waals surface area contributed by atoms with Crippen LogP contribution in [0.25, 0.3) is 5.69 Å². The van der Waals surface area contributed by atoms with Crippen molar-refractivity contribution in [3.8, 4) is 11.4 Å². The van der Waals surface area contributed by atoms with E-state index in [-0.39, 0.29) is 12.0 Å². The number of esters is 1. The summed E-state index contributed by atoms with van der Waals surface area (Å²) in [5.74, 6) is 0.695. The van der Waals surface area contributed by atoms with E-state index >= 15 is 0 Å². The highest BCUT2D eigenvalue weighted by atomic mass is 16.5. The topological polar surface area (TPSA) is 96.7 Å². The number of rotatable bonds is 3. The molecule has 8 heteroatoms. The van der Waals surface area contributed by atoms with Crippen LogP contribution in [-0.4, -0.2) is 51.5 Å². The number of nitrogens with one attached hydrogen (secondary N) is 1. The molecule has 0 spiro atoms. The van der Waals surface area contributed by atoms with Crippen LogP contribution in [0, 0.1) is 0 Å². The van der Waals surface area contributed by atoms with Gasteiger partial charge >= 0.3 is 12.1 Å². The van der Waals surface area contributed by atoms with Gasteiger partial charge in [0.15, 0.2) is 5.75 Å². The molecule has 5 rings (SSSR count). The van der Waals surface area contributed by atoms with E-state index in [1.165, 1.54) is 36.6 Å². The van der Waals surface area contributed by atoms with E-state index in [1.54, 1.807) is 0 Å². The van der Waals surface area contributed by atoms with Crippen molar-refractivity contribution in [2.24, 2.45) is 0 Å². The van der Waals surface area contributed by atoms with Crippen LogP contribution >= 0.6 is 0 Å². The molecule has 2 aliphatic heterocycles. The summed E-state index contributed by atoms with van der Waals surface area (Å²) in [7, 11) is 0. The summed E-state index contributed by atoms with van der Waals surface area (Å²) < 4.78 is 7.48. The summed E-state index contributed by atoms with van der Waals surface area (Å²) in [5, 5.41) is 17.9. The average molecular weight is 410 g/mol. The lowest BCUT2D eigenvalue weighted by atomic mass is 9.80. The van der Waals surface area contributed by atoms with Crippen LogP contribution in [-0.2, 0) is 17.6 Å². The molecule has 158 valence electrons. The van der Waals surface area contributed by atoms with Crippen molar-refractivity contribution >= 4 is 12.1 Å². The van der Waals surface area contributed by atoms with Gasteiger partial charge in [-0.05, 0) is 36.5 Å². The third-order valence-corrected chi connectivity index (χ3v) is 6.56. The second-order valence-corrected chi connectivity index (χ2v) is 8.36. The average Bonchev–Trinajstić information content (AvgIpc) is 2.88. The Morgan fingerprint density at radius 3 is 2.80 bits per heavy atom. The van der Waals surface area contributed by atoms with Crippen LogP contribution in [0.15, 0.2) is 18.2 Å². The molecule has 30 heavy (non-hydrogen) atoms. The molecule has 0 radical (unpaired) electrons. The second kappa shape index (κ2) is 7.43. The summed E-state index contributed by atoms with van der Waals surface area (Å²) in [6.45, 7) is 3.16. The molecule has 0 bridgehead atoms. The Bertz CT molecular complexity index is 1010. The number of hydrogen-bond donors (Lipinski definition) is 2. The molecule has 1 aromatic heterocycles. The standard InChI is InChI=1S/C22H26N4O4/c1-13(27)30-20-11-15(14-3-2-4-14)5-6-17(20)26-18-8-10-25(22(28)29)19-12-23-9-7-16(24-26)21(18)19/h5-6,11,14,19,23H,2-4,7-10,12H2,1H3,(H,28,29). The Kier molecular flexibility index (Phi) is 4.73. The molecule has 1 fully saturated rings. The van der Waals surface area contributed by atoms with E-state index < -0.39 is 6.09 Å². The van der Waals surface area contributed by atoms with Crippen molar-refractivity contribution in [3.63, 3.8) is 0 Å². The van der Waals surface area contributed by atoms with Gasteiger partial charge in [-0.15, -0.1) is 0 Å². The molecule has 1 atom stereocenters. The van der Waals surface area contributed by atoms with Gasteiger partial charge in [0.1, 0.15) is 5.69 Å².